The van der Waals surface area contributed by atoms with Crippen LogP contribution in [0.15, 0.2) is 0 Å². The molecule has 2 aliphatic carbocycles. The highest BCUT2D eigenvalue weighted by Gasteiger charge is 2.42. The first kappa shape index (κ1) is 15.3. The van der Waals surface area contributed by atoms with Crippen LogP contribution in [-0.2, 0) is 4.79 Å². The summed E-state index contributed by atoms with van der Waals surface area (Å²) in [5, 5.41) is 0. The zero-order valence-electron chi connectivity index (χ0n) is 13.6. The fourth-order valence-electron chi connectivity index (χ4n) is 4.83. The molecule has 0 radical (unpaired) electrons. The number of hydrogen-bond acceptors (Lipinski definition) is 3. The van der Waals surface area contributed by atoms with E-state index in [1.807, 2.05) is 0 Å². The van der Waals surface area contributed by atoms with Crippen molar-refractivity contribution in [1.82, 2.24) is 9.80 Å². The molecule has 2 saturated carbocycles. The van der Waals surface area contributed by atoms with E-state index in [4.69, 9.17) is 5.73 Å². The second-order valence-electron chi connectivity index (χ2n) is 7.74. The molecule has 0 spiro atoms. The van der Waals surface area contributed by atoms with Crippen LogP contribution >= 0.6 is 0 Å². The molecule has 1 amide bonds. The number of carbonyl (C=O) groups is 1. The quantitative estimate of drug-likeness (QED) is 0.843. The molecule has 3 rings (SSSR count). The van der Waals surface area contributed by atoms with Crippen molar-refractivity contribution in [3.8, 4) is 0 Å². The number of fused-ring (bicyclic) bond motifs is 2. The molecule has 3 unspecified atom stereocenters. The highest BCUT2D eigenvalue weighted by molar-refractivity contribution is 5.79. The fourth-order valence-corrected chi connectivity index (χ4v) is 4.83. The molecule has 21 heavy (non-hydrogen) atoms. The lowest BCUT2D eigenvalue weighted by Gasteiger charge is -2.45. The Kier molecular flexibility index (Phi) is 4.55. The minimum absolute atomic E-state index is 0.251. The van der Waals surface area contributed by atoms with Crippen LogP contribution in [0.5, 0.6) is 0 Å². The highest BCUT2D eigenvalue weighted by Crippen LogP contribution is 2.42. The van der Waals surface area contributed by atoms with E-state index >= 15 is 0 Å². The van der Waals surface area contributed by atoms with Gasteiger partial charge in [0.15, 0.2) is 0 Å². The predicted octanol–water partition coefficient (Wildman–Crippen LogP) is 1.69. The van der Waals surface area contributed by atoms with E-state index in [9.17, 15) is 4.79 Å². The molecule has 0 aromatic carbocycles. The average Bonchev–Trinajstić information content (AvgIpc) is 2.46. The van der Waals surface area contributed by atoms with Gasteiger partial charge in [-0.3, -0.25) is 4.79 Å². The van der Waals surface area contributed by atoms with Crippen molar-refractivity contribution in [2.45, 2.75) is 57.0 Å². The largest absolute Gasteiger partial charge is 0.341 e. The van der Waals surface area contributed by atoms with Crippen molar-refractivity contribution in [3.63, 3.8) is 0 Å². The van der Waals surface area contributed by atoms with Crippen LogP contribution in [0.1, 0.15) is 44.9 Å². The average molecular weight is 293 g/mol. The van der Waals surface area contributed by atoms with Gasteiger partial charge >= 0.3 is 0 Å². The van der Waals surface area contributed by atoms with Crippen molar-refractivity contribution >= 4 is 5.91 Å². The van der Waals surface area contributed by atoms with E-state index in [1.165, 1.54) is 25.7 Å². The van der Waals surface area contributed by atoms with Crippen molar-refractivity contribution in [2.75, 3.05) is 27.2 Å². The summed E-state index contributed by atoms with van der Waals surface area (Å²) in [4.78, 5) is 17.3. The van der Waals surface area contributed by atoms with E-state index < -0.39 is 0 Å². The Balaban J connectivity index is 1.63. The van der Waals surface area contributed by atoms with Gasteiger partial charge in [0, 0.05) is 31.1 Å². The van der Waals surface area contributed by atoms with Gasteiger partial charge in [-0.1, -0.05) is 6.42 Å². The van der Waals surface area contributed by atoms with Gasteiger partial charge in [-0.05, 0) is 64.5 Å². The van der Waals surface area contributed by atoms with Gasteiger partial charge in [0.2, 0.25) is 5.91 Å². The zero-order chi connectivity index (χ0) is 15.0. The van der Waals surface area contributed by atoms with E-state index in [0.717, 1.165) is 32.4 Å². The second-order valence-corrected chi connectivity index (χ2v) is 7.74. The second kappa shape index (κ2) is 6.25. The summed E-state index contributed by atoms with van der Waals surface area (Å²) in [5.74, 6) is 1.87. The Bertz CT molecular complexity index is 370. The van der Waals surface area contributed by atoms with Crippen LogP contribution in [0.4, 0.5) is 0 Å². The van der Waals surface area contributed by atoms with Gasteiger partial charge in [0.05, 0.1) is 0 Å². The fraction of sp³-hybridized carbons (Fsp3) is 0.941. The monoisotopic (exact) mass is 293 g/mol. The Hall–Kier alpha value is -0.610. The van der Waals surface area contributed by atoms with Gasteiger partial charge in [0.1, 0.15) is 0 Å². The lowest BCUT2D eigenvalue weighted by molar-refractivity contribution is -0.140. The molecule has 3 fully saturated rings. The highest BCUT2D eigenvalue weighted by atomic mass is 16.2. The molecule has 1 aliphatic heterocycles. The molecule has 4 nitrogen and oxygen atoms in total. The number of likely N-dealkylation sites (tertiary alicyclic amines) is 1. The molecular formula is C17H31N3O. The summed E-state index contributed by atoms with van der Waals surface area (Å²) in [7, 11) is 4.26. The van der Waals surface area contributed by atoms with Crippen LogP contribution in [0.25, 0.3) is 0 Å². The minimum atomic E-state index is 0.251. The van der Waals surface area contributed by atoms with E-state index in [1.54, 1.807) is 0 Å². The van der Waals surface area contributed by atoms with Gasteiger partial charge in [-0.15, -0.1) is 0 Å². The third kappa shape index (κ3) is 3.11. The van der Waals surface area contributed by atoms with Crippen LogP contribution in [0.2, 0.25) is 0 Å². The summed E-state index contributed by atoms with van der Waals surface area (Å²) >= 11 is 0. The molecule has 3 atom stereocenters. The Labute approximate surface area is 129 Å². The maximum atomic E-state index is 12.9. The van der Waals surface area contributed by atoms with Crippen molar-refractivity contribution in [2.24, 2.45) is 23.5 Å². The first-order chi connectivity index (χ1) is 10.1. The van der Waals surface area contributed by atoms with Crippen molar-refractivity contribution in [3.05, 3.63) is 0 Å². The SMILES string of the molecule is CN(C)C1CCCN(C(=O)C2CC3CCCC(C2)C3N)C1. The molecule has 3 aliphatic rings. The molecule has 2 N–H and O–H groups in total. The first-order valence-electron chi connectivity index (χ1n) is 8.77. The molecule has 120 valence electrons. The molecule has 0 aromatic rings. The topological polar surface area (TPSA) is 49.6 Å². The molecule has 1 heterocycles. The summed E-state index contributed by atoms with van der Waals surface area (Å²) in [6.45, 7) is 1.88. The standard InChI is InChI=1S/C17H31N3O/c1-19(2)15-7-4-8-20(11-15)17(21)14-9-12-5-3-6-13(10-14)16(12)18/h12-16H,3-11,18H2,1-2H3. The van der Waals surface area contributed by atoms with Gasteiger partial charge < -0.3 is 15.5 Å². The summed E-state index contributed by atoms with van der Waals surface area (Å²) < 4.78 is 0. The molecule has 2 bridgehead atoms. The number of hydrogen-bond donors (Lipinski definition) is 1. The predicted molar refractivity (Wildman–Crippen MR) is 84.8 cm³/mol. The summed E-state index contributed by atoms with van der Waals surface area (Å²) in [6.07, 6.45) is 8.24. The smallest absolute Gasteiger partial charge is 0.225 e. The number of piperidine rings is 1. The lowest BCUT2D eigenvalue weighted by atomic mass is 9.65. The Morgan fingerprint density at radius 2 is 1.76 bits per heavy atom. The van der Waals surface area contributed by atoms with Crippen LogP contribution < -0.4 is 5.73 Å². The maximum absolute atomic E-state index is 12.9. The molecule has 4 heteroatoms. The van der Waals surface area contributed by atoms with E-state index in [2.05, 4.69) is 23.9 Å². The van der Waals surface area contributed by atoms with E-state index in [0.29, 0.717) is 29.8 Å². The van der Waals surface area contributed by atoms with Crippen LogP contribution in [-0.4, -0.2) is 55.0 Å². The summed E-state index contributed by atoms with van der Waals surface area (Å²) in [6, 6.07) is 0.895. The minimum Gasteiger partial charge on any atom is -0.341 e. The van der Waals surface area contributed by atoms with Crippen LogP contribution in [0, 0.1) is 17.8 Å². The zero-order valence-corrected chi connectivity index (χ0v) is 13.6. The van der Waals surface area contributed by atoms with E-state index in [-0.39, 0.29) is 5.92 Å². The normalized spacial score (nSPS) is 40.4. The summed E-state index contributed by atoms with van der Waals surface area (Å²) in [5.41, 5.74) is 6.36. The van der Waals surface area contributed by atoms with Crippen LogP contribution in [0.3, 0.4) is 0 Å². The number of carbonyl (C=O) groups excluding carboxylic acids is 1. The number of rotatable bonds is 2. The third-order valence-corrected chi connectivity index (χ3v) is 6.20. The molecule has 1 saturated heterocycles. The maximum Gasteiger partial charge on any atom is 0.225 e. The number of amides is 1. The first-order valence-corrected chi connectivity index (χ1v) is 8.77. The Morgan fingerprint density at radius 3 is 2.38 bits per heavy atom. The van der Waals surface area contributed by atoms with Gasteiger partial charge in [0.25, 0.3) is 0 Å². The number of likely N-dealkylation sites (N-methyl/N-ethyl adjacent to an activating group) is 1. The molecule has 0 aromatic heterocycles. The van der Waals surface area contributed by atoms with Gasteiger partial charge in [-0.2, -0.15) is 0 Å². The molecular weight excluding hydrogens is 262 g/mol. The third-order valence-electron chi connectivity index (χ3n) is 6.20. The van der Waals surface area contributed by atoms with Gasteiger partial charge in [-0.25, -0.2) is 0 Å². The Morgan fingerprint density at radius 1 is 1.10 bits per heavy atom. The number of nitrogens with two attached hydrogens (primary N) is 1. The number of nitrogens with zero attached hydrogens (tertiary/aromatic N) is 2. The van der Waals surface area contributed by atoms with Crippen molar-refractivity contribution < 1.29 is 4.79 Å². The lowest BCUT2D eigenvalue weighted by Crippen LogP contribution is -2.53. The van der Waals surface area contributed by atoms with Crippen molar-refractivity contribution in [1.29, 1.82) is 0 Å².